The highest BCUT2D eigenvalue weighted by atomic mass is 35.5. The Bertz CT molecular complexity index is 1040. The summed E-state index contributed by atoms with van der Waals surface area (Å²) in [5, 5.41) is 8.72. The van der Waals surface area contributed by atoms with Gasteiger partial charge in [-0.3, -0.25) is 4.90 Å². The topological polar surface area (TPSA) is 95.9 Å². The van der Waals surface area contributed by atoms with Gasteiger partial charge in [-0.15, -0.1) is 10.2 Å². The maximum Gasteiger partial charge on any atom is 0.410 e. The number of fused-ring (bicyclic) bond motifs is 2. The van der Waals surface area contributed by atoms with Crippen LogP contribution in [-0.4, -0.2) is 70.0 Å². The first-order valence-electron chi connectivity index (χ1n) is 11.6. The molecule has 0 radical (unpaired) electrons. The molecule has 1 amide bonds. The normalized spacial score (nSPS) is 24.1. The molecule has 2 aliphatic rings. The number of hydrogen-bond acceptors (Lipinski definition) is 8. The van der Waals surface area contributed by atoms with Gasteiger partial charge in [-0.2, -0.15) is 0 Å². The van der Waals surface area contributed by atoms with E-state index in [4.69, 9.17) is 30.5 Å². The molecule has 2 saturated heterocycles. The Labute approximate surface area is 208 Å². The van der Waals surface area contributed by atoms with Gasteiger partial charge in [-0.05, 0) is 58.2 Å². The summed E-state index contributed by atoms with van der Waals surface area (Å²) in [4.78, 5) is 18.6. The predicted octanol–water partition coefficient (Wildman–Crippen LogP) is 4.82. The third-order valence-electron chi connectivity index (χ3n) is 5.95. The summed E-state index contributed by atoms with van der Waals surface area (Å²) in [6, 6.07) is 4.28. The standard InChI is InChI=1S/C24H30ClFN4O5/c1-24(2,3)35-23(31)30-15-6-5-7-17(30)21(26)19(11-15)34-20-12-27-22(29-28-20)16-9-8-14(25)10-18(16)33-13-32-4/h8-10,12,15,17,19,21H,5-7,11,13H2,1-4H3/t15-,17?,19+,21+/m0/s1. The number of carbonyl (C=O) groups excluding carboxylic acids is 1. The zero-order valence-electron chi connectivity index (χ0n) is 20.2. The van der Waals surface area contributed by atoms with Crippen LogP contribution in [-0.2, 0) is 9.47 Å². The van der Waals surface area contributed by atoms with Gasteiger partial charge in [0.15, 0.2) is 18.8 Å². The summed E-state index contributed by atoms with van der Waals surface area (Å²) in [5.74, 6) is 0.855. The monoisotopic (exact) mass is 508 g/mol. The van der Waals surface area contributed by atoms with E-state index in [0.29, 0.717) is 35.0 Å². The SMILES string of the molecule is COCOc1cc(Cl)ccc1-c1ncc(O[C@@H]2C[C@@H]3CCCC([C@H]2F)N3C(=O)OC(C)(C)C)nn1. The molecule has 0 N–H and O–H groups in total. The minimum atomic E-state index is -1.38. The molecule has 2 bridgehead atoms. The van der Waals surface area contributed by atoms with Crippen LogP contribution in [0.25, 0.3) is 11.4 Å². The van der Waals surface area contributed by atoms with Crippen molar-refractivity contribution in [2.45, 2.75) is 76.4 Å². The molecule has 4 atom stereocenters. The van der Waals surface area contributed by atoms with E-state index < -0.39 is 30.0 Å². The first-order chi connectivity index (χ1) is 16.7. The Morgan fingerprint density at radius 2 is 2.06 bits per heavy atom. The van der Waals surface area contributed by atoms with Crippen LogP contribution < -0.4 is 9.47 Å². The van der Waals surface area contributed by atoms with E-state index in [0.717, 1.165) is 12.8 Å². The number of benzene rings is 1. The van der Waals surface area contributed by atoms with Gasteiger partial charge in [0.1, 0.15) is 17.5 Å². The average molecular weight is 509 g/mol. The molecule has 9 nitrogen and oxygen atoms in total. The first-order valence-corrected chi connectivity index (χ1v) is 12.0. The molecule has 1 aromatic carbocycles. The summed E-state index contributed by atoms with van der Waals surface area (Å²) in [5.41, 5.74) is -0.0689. The lowest BCUT2D eigenvalue weighted by atomic mass is 9.82. The number of hydrogen-bond donors (Lipinski definition) is 0. The molecule has 0 spiro atoms. The minimum Gasteiger partial charge on any atom is -0.469 e. The smallest absolute Gasteiger partial charge is 0.410 e. The summed E-state index contributed by atoms with van der Waals surface area (Å²) in [6.07, 6.45) is 1.30. The fourth-order valence-electron chi connectivity index (χ4n) is 4.53. The Balaban J connectivity index is 1.47. The van der Waals surface area contributed by atoms with Gasteiger partial charge < -0.3 is 18.9 Å². The van der Waals surface area contributed by atoms with Crippen molar-refractivity contribution in [3.63, 3.8) is 0 Å². The van der Waals surface area contributed by atoms with Crippen molar-refractivity contribution in [3.05, 3.63) is 29.4 Å². The van der Waals surface area contributed by atoms with Crippen LogP contribution in [0.3, 0.4) is 0 Å². The molecular formula is C24H30ClFN4O5. The maximum atomic E-state index is 15.5. The molecule has 3 heterocycles. The zero-order chi connectivity index (χ0) is 25.2. The van der Waals surface area contributed by atoms with Crippen LogP contribution in [0, 0.1) is 0 Å². The number of aromatic nitrogens is 3. The van der Waals surface area contributed by atoms with Gasteiger partial charge in [0.05, 0.1) is 17.8 Å². The van der Waals surface area contributed by atoms with E-state index in [-0.39, 0.29) is 18.7 Å². The van der Waals surface area contributed by atoms with Crippen LogP contribution in [0.15, 0.2) is 24.4 Å². The van der Waals surface area contributed by atoms with Crippen molar-refractivity contribution in [2.75, 3.05) is 13.9 Å². The first kappa shape index (κ1) is 25.4. The third-order valence-corrected chi connectivity index (χ3v) is 6.18. The van der Waals surface area contributed by atoms with E-state index in [1.54, 1.807) is 43.9 Å². The Hall–Kier alpha value is -2.72. The number of ether oxygens (including phenoxy) is 4. The molecule has 1 aromatic heterocycles. The zero-order valence-corrected chi connectivity index (χ0v) is 21.0. The lowest BCUT2D eigenvalue weighted by Crippen LogP contribution is -2.63. The predicted molar refractivity (Wildman–Crippen MR) is 126 cm³/mol. The molecule has 4 rings (SSSR count). The highest BCUT2D eigenvalue weighted by Crippen LogP contribution is 2.38. The molecule has 2 aromatic rings. The molecule has 35 heavy (non-hydrogen) atoms. The molecule has 0 aliphatic carbocycles. The molecule has 2 fully saturated rings. The highest BCUT2D eigenvalue weighted by molar-refractivity contribution is 6.30. The second kappa shape index (κ2) is 10.5. The van der Waals surface area contributed by atoms with E-state index in [9.17, 15) is 4.79 Å². The number of amides is 1. The van der Waals surface area contributed by atoms with Crippen molar-refractivity contribution in [1.29, 1.82) is 0 Å². The van der Waals surface area contributed by atoms with Gasteiger partial charge in [0, 0.05) is 24.6 Å². The van der Waals surface area contributed by atoms with Gasteiger partial charge in [-0.25, -0.2) is 14.2 Å². The van der Waals surface area contributed by atoms with E-state index in [1.165, 1.54) is 13.3 Å². The Morgan fingerprint density at radius 3 is 2.74 bits per heavy atom. The number of alkyl halides is 1. The van der Waals surface area contributed by atoms with E-state index in [1.807, 2.05) is 0 Å². The quantitative estimate of drug-likeness (QED) is 0.512. The van der Waals surface area contributed by atoms with Gasteiger partial charge in [0.25, 0.3) is 5.88 Å². The van der Waals surface area contributed by atoms with Crippen LogP contribution in [0.4, 0.5) is 9.18 Å². The van der Waals surface area contributed by atoms with Crippen molar-refractivity contribution in [3.8, 4) is 23.0 Å². The van der Waals surface area contributed by atoms with Crippen molar-refractivity contribution < 1.29 is 28.1 Å². The van der Waals surface area contributed by atoms with Gasteiger partial charge >= 0.3 is 6.09 Å². The number of nitrogens with zero attached hydrogens (tertiary/aromatic N) is 4. The number of halogens is 2. The molecular weight excluding hydrogens is 479 g/mol. The second-order valence-corrected chi connectivity index (χ2v) is 10.1. The molecule has 190 valence electrons. The lowest BCUT2D eigenvalue weighted by Gasteiger charge is -2.49. The van der Waals surface area contributed by atoms with Gasteiger partial charge in [0.2, 0.25) is 0 Å². The van der Waals surface area contributed by atoms with E-state index in [2.05, 4.69) is 15.2 Å². The Kier molecular flexibility index (Phi) is 7.61. The van der Waals surface area contributed by atoms with Crippen molar-refractivity contribution in [2.24, 2.45) is 0 Å². The van der Waals surface area contributed by atoms with Gasteiger partial charge in [-0.1, -0.05) is 11.6 Å². The average Bonchev–Trinajstić information content (AvgIpc) is 2.80. The van der Waals surface area contributed by atoms with Crippen LogP contribution in [0.1, 0.15) is 46.5 Å². The summed E-state index contributed by atoms with van der Waals surface area (Å²) < 4.78 is 37.4. The molecule has 2 aliphatic heterocycles. The van der Waals surface area contributed by atoms with Crippen molar-refractivity contribution in [1.82, 2.24) is 20.1 Å². The summed E-state index contributed by atoms with van der Waals surface area (Å²) in [7, 11) is 1.51. The third kappa shape index (κ3) is 5.92. The molecule has 0 saturated carbocycles. The number of carbonyl (C=O) groups is 1. The molecule has 1 unspecified atom stereocenters. The highest BCUT2D eigenvalue weighted by Gasteiger charge is 2.50. The van der Waals surface area contributed by atoms with E-state index >= 15 is 4.39 Å². The summed E-state index contributed by atoms with van der Waals surface area (Å²) in [6.45, 7) is 5.44. The number of methoxy groups -OCH3 is 1. The lowest BCUT2D eigenvalue weighted by molar-refractivity contribution is -0.0802. The fraction of sp³-hybridized carbons (Fsp3) is 0.583. The number of rotatable bonds is 6. The van der Waals surface area contributed by atoms with Crippen LogP contribution >= 0.6 is 11.6 Å². The Morgan fingerprint density at radius 1 is 1.26 bits per heavy atom. The minimum absolute atomic E-state index is 0.0319. The second-order valence-electron chi connectivity index (χ2n) is 9.69. The summed E-state index contributed by atoms with van der Waals surface area (Å²) >= 11 is 6.07. The number of piperidine rings is 2. The largest absolute Gasteiger partial charge is 0.469 e. The van der Waals surface area contributed by atoms with Crippen molar-refractivity contribution >= 4 is 17.7 Å². The van der Waals surface area contributed by atoms with Crippen LogP contribution in [0.2, 0.25) is 5.02 Å². The fourth-order valence-corrected chi connectivity index (χ4v) is 4.70. The molecule has 11 heteroatoms. The van der Waals surface area contributed by atoms with Crippen LogP contribution in [0.5, 0.6) is 11.6 Å². The maximum absolute atomic E-state index is 15.5.